The van der Waals surface area contributed by atoms with Crippen LogP contribution in [0.1, 0.15) is 6.92 Å². The zero-order valence-electron chi connectivity index (χ0n) is 13.1. The minimum atomic E-state index is -1.32. The summed E-state index contributed by atoms with van der Waals surface area (Å²) in [5, 5.41) is 2.47. The zero-order chi connectivity index (χ0) is 15.9. The van der Waals surface area contributed by atoms with E-state index in [1.807, 2.05) is 43.3 Å². The lowest BCUT2D eigenvalue weighted by Gasteiger charge is -2.17. The van der Waals surface area contributed by atoms with Crippen molar-refractivity contribution >= 4 is 19.4 Å². The van der Waals surface area contributed by atoms with Gasteiger partial charge in [0.15, 0.2) is 0 Å². The normalized spacial score (nSPS) is 10.5. The van der Waals surface area contributed by atoms with Gasteiger partial charge in [-0.1, -0.05) is 60.7 Å². The van der Waals surface area contributed by atoms with Crippen molar-refractivity contribution in [2.24, 2.45) is 0 Å². The molecule has 3 rings (SSSR count). The Morgan fingerprint density at radius 1 is 0.652 bits per heavy atom. The molecule has 0 aliphatic rings. The molecule has 3 aromatic rings. The highest BCUT2D eigenvalue weighted by Gasteiger charge is 2.21. The lowest BCUT2D eigenvalue weighted by Crippen LogP contribution is -2.47. The lowest BCUT2D eigenvalue weighted by molar-refractivity contribution is 0.340. The first kappa shape index (κ1) is 15.4. The minimum absolute atomic E-state index is 0.670. The summed E-state index contributed by atoms with van der Waals surface area (Å²) < 4.78 is 11.9. The van der Waals surface area contributed by atoms with Crippen LogP contribution in [0.4, 0.5) is 0 Å². The predicted molar refractivity (Wildman–Crippen MR) is 96.1 cm³/mol. The van der Waals surface area contributed by atoms with Crippen LogP contribution in [0.2, 0.25) is 0 Å². The standard InChI is InChI=1S/C20H19O2Si/c1-2-21-17-13-15-18(16-14-17)22-23(19-9-5-3-6-10-19)20-11-7-4-8-12-20/h3-16H,2H2,1H3. The van der Waals surface area contributed by atoms with Crippen molar-refractivity contribution in [3.63, 3.8) is 0 Å². The number of benzene rings is 3. The fourth-order valence-electron chi connectivity index (χ4n) is 2.35. The van der Waals surface area contributed by atoms with Crippen molar-refractivity contribution in [2.75, 3.05) is 6.61 Å². The average molecular weight is 319 g/mol. The topological polar surface area (TPSA) is 18.5 Å². The highest BCUT2D eigenvalue weighted by Crippen LogP contribution is 2.18. The maximum atomic E-state index is 6.37. The Labute approximate surface area is 139 Å². The molecular formula is C20H19O2Si. The summed E-state index contributed by atoms with van der Waals surface area (Å²) in [6, 6.07) is 28.7. The van der Waals surface area contributed by atoms with E-state index in [0.29, 0.717) is 6.61 Å². The molecule has 0 atom stereocenters. The number of hydrogen-bond acceptors (Lipinski definition) is 2. The molecule has 0 aliphatic heterocycles. The Morgan fingerprint density at radius 2 is 1.13 bits per heavy atom. The van der Waals surface area contributed by atoms with Crippen molar-refractivity contribution in [1.82, 2.24) is 0 Å². The summed E-state index contributed by atoms with van der Waals surface area (Å²) in [6.45, 7) is 2.65. The van der Waals surface area contributed by atoms with Gasteiger partial charge < -0.3 is 9.16 Å². The van der Waals surface area contributed by atoms with E-state index in [4.69, 9.17) is 9.16 Å². The predicted octanol–water partition coefficient (Wildman–Crippen LogP) is 3.27. The summed E-state index contributed by atoms with van der Waals surface area (Å²) >= 11 is 0. The summed E-state index contributed by atoms with van der Waals surface area (Å²) in [5.74, 6) is 1.74. The highest BCUT2D eigenvalue weighted by atomic mass is 28.3. The van der Waals surface area contributed by atoms with E-state index in [-0.39, 0.29) is 0 Å². The molecule has 115 valence electrons. The molecule has 2 nitrogen and oxygen atoms in total. The van der Waals surface area contributed by atoms with Crippen LogP contribution in [0.15, 0.2) is 84.9 Å². The third-order valence-electron chi connectivity index (χ3n) is 3.43. The fraction of sp³-hybridized carbons (Fsp3) is 0.100. The van der Waals surface area contributed by atoms with Gasteiger partial charge in [-0.05, 0) is 41.6 Å². The number of rotatable bonds is 6. The largest absolute Gasteiger partial charge is 0.533 e. The van der Waals surface area contributed by atoms with Crippen LogP contribution in [-0.4, -0.2) is 15.6 Å². The third-order valence-corrected chi connectivity index (χ3v) is 5.58. The summed E-state index contributed by atoms with van der Waals surface area (Å²) in [4.78, 5) is 0. The van der Waals surface area contributed by atoms with E-state index in [9.17, 15) is 0 Å². The molecule has 0 bridgehead atoms. The Morgan fingerprint density at radius 3 is 1.61 bits per heavy atom. The Hall–Kier alpha value is -2.52. The molecule has 0 saturated heterocycles. The van der Waals surface area contributed by atoms with Gasteiger partial charge in [0, 0.05) is 0 Å². The molecule has 0 amide bonds. The summed E-state index contributed by atoms with van der Waals surface area (Å²) in [7, 11) is -1.32. The van der Waals surface area contributed by atoms with Gasteiger partial charge in [-0.2, -0.15) is 0 Å². The second-order valence-corrected chi connectivity index (χ2v) is 7.08. The fourth-order valence-corrected chi connectivity index (χ4v) is 4.28. The molecule has 0 fully saturated rings. The molecule has 0 unspecified atom stereocenters. The van der Waals surface area contributed by atoms with Crippen LogP contribution < -0.4 is 19.5 Å². The van der Waals surface area contributed by atoms with E-state index in [1.165, 1.54) is 10.4 Å². The van der Waals surface area contributed by atoms with Gasteiger partial charge in [-0.15, -0.1) is 0 Å². The Balaban J connectivity index is 1.87. The van der Waals surface area contributed by atoms with Crippen LogP contribution in [0, 0.1) is 0 Å². The first-order chi connectivity index (χ1) is 11.4. The van der Waals surface area contributed by atoms with Crippen molar-refractivity contribution in [2.45, 2.75) is 6.92 Å². The smallest absolute Gasteiger partial charge is 0.352 e. The zero-order valence-corrected chi connectivity index (χ0v) is 14.1. The third kappa shape index (κ3) is 4.02. The summed E-state index contributed by atoms with van der Waals surface area (Å²) in [5.41, 5.74) is 0. The minimum Gasteiger partial charge on any atom is -0.533 e. The van der Waals surface area contributed by atoms with Crippen LogP contribution >= 0.6 is 0 Å². The summed E-state index contributed by atoms with van der Waals surface area (Å²) in [6.07, 6.45) is 0. The molecule has 3 aromatic carbocycles. The highest BCUT2D eigenvalue weighted by molar-refractivity contribution is 6.80. The second-order valence-electron chi connectivity index (χ2n) is 5.07. The molecule has 0 saturated carbocycles. The van der Waals surface area contributed by atoms with Crippen molar-refractivity contribution in [1.29, 1.82) is 0 Å². The van der Waals surface area contributed by atoms with Gasteiger partial charge in [0.2, 0.25) is 0 Å². The molecular weight excluding hydrogens is 300 g/mol. The monoisotopic (exact) mass is 319 g/mol. The van der Waals surface area contributed by atoms with Crippen LogP contribution in [-0.2, 0) is 0 Å². The molecule has 0 heterocycles. The number of ether oxygens (including phenoxy) is 1. The SMILES string of the molecule is CCOc1ccc(O[Si](c2ccccc2)c2ccccc2)cc1. The van der Waals surface area contributed by atoms with E-state index >= 15 is 0 Å². The van der Waals surface area contributed by atoms with Crippen LogP contribution in [0.5, 0.6) is 11.5 Å². The molecule has 1 radical (unpaired) electrons. The Bertz CT molecular complexity index is 672. The van der Waals surface area contributed by atoms with Crippen molar-refractivity contribution < 1.29 is 9.16 Å². The van der Waals surface area contributed by atoms with Crippen molar-refractivity contribution in [3.05, 3.63) is 84.9 Å². The quantitative estimate of drug-likeness (QED) is 0.649. The van der Waals surface area contributed by atoms with Crippen molar-refractivity contribution in [3.8, 4) is 11.5 Å². The van der Waals surface area contributed by atoms with Crippen LogP contribution in [0.3, 0.4) is 0 Å². The van der Waals surface area contributed by atoms with Gasteiger partial charge in [0.05, 0.1) is 6.61 Å². The van der Waals surface area contributed by atoms with E-state index in [1.54, 1.807) is 0 Å². The second kappa shape index (κ2) is 7.65. The van der Waals surface area contributed by atoms with Gasteiger partial charge in [-0.25, -0.2) is 0 Å². The van der Waals surface area contributed by atoms with Gasteiger partial charge in [-0.3, -0.25) is 0 Å². The van der Waals surface area contributed by atoms with E-state index in [2.05, 4.69) is 48.5 Å². The number of hydrogen-bond donors (Lipinski definition) is 0. The average Bonchev–Trinajstić information content (AvgIpc) is 2.63. The van der Waals surface area contributed by atoms with Gasteiger partial charge in [0.1, 0.15) is 11.5 Å². The first-order valence-corrected chi connectivity index (χ1v) is 9.16. The molecule has 3 heteroatoms. The maximum Gasteiger partial charge on any atom is 0.352 e. The molecule has 0 aliphatic carbocycles. The van der Waals surface area contributed by atoms with Crippen LogP contribution in [0.25, 0.3) is 0 Å². The lowest BCUT2D eigenvalue weighted by atomic mass is 10.3. The first-order valence-electron chi connectivity index (χ1n) is 7.75. The Kier molecular flexibility index (Phi) is 5.12. The van der Waals surface area contributed by atoms with E-state index < -0.39 is 9.04 Å². The molecule has 0 spiro atoms. The molecule has 0 aromatic heterocycles. The molecule has 23 heavy (non-hydrogen) atoms. The maximum absolute atomic E-state index is 6.37. The van der Waals surface area contributed by atoms with E-state index in [0.717, 1.165) is 11.5 Å². The van der Waals surface area contributed by atoms with Gasteiger partial charge >= 0.3 is 9.04 Å². The molecule has 0 N–H and O–H groups in total. The van der Waals surface area contributed by atoms with Gasteiger partial charge in [0.25, 0.3) is 0 Å².